The first kappa shape index (κ1) is 28.2. The van der Waals surface area contributed by atoms with Crippen molar-refractivity contribution < 1.29 is 37.0 Å². The summed E-state index contributed by atoms with van der Waals surface area (Å²) in [6.07, 6.45) is -3.27. The molecule has 0 radical (unpaired) electrons. The minimum Gasteiger partial charge on any atom is -0.487 e. The van der Waals surface area contributed by atoms with E-state index in [-0.39, 0.29) is 30.2 Å². The standard InChI is InChI=1S/C24H17F4NO3.C4H9NO/c25-21-12-18(24(26,27)28)8-6-16(21)13-29-19(14-32-20-4-2-1-3-5-20)11-17-10-15(23(30)31)7-9-22(17)29;1-2-3-4(5)6/h1-12H,13-14H2,(H,30,31);2-3H2,1H3,(H2,5,6). The summed E-state index contributed by atoms with van der Waals surface area (Å²) in [5.41, 5.74) is 5.09. The molecule has 0 spiro atoms. The summed E-state index contributed by atoms with van der Waals surface area (Å²) in [5, 5.41) is 9.86. The zero-order chi connectivity index (χ0) is 27.9. The van der Waals surface area contributed by atoms with Crippen LogP contribution in [-0.2, 0) is 24.1 Å². The first-order valence-corrected chi connectivity index (χ1v) is 11.7. The van der Waals surface area contributed by atoms with Crippen molar-refractivity contribution in [3.63, 3.8) is 0 Å². The fourth-order valence-electron chi connectivity index (χ4n) is 3.71. The molecular weight excluding hydrogens is 504 g/mol. The number of nitrogens with two attached hydrogens (primary N) is 1. The number of aromatic carboxylic acids is 1. The van der Waals surface area contributed by atoms with E-state index in [1.54, 1.807) is 28.8 Å². The molecule has 4 rings (SSSR count). The van der Waals surface area contributed by atoms with E-state index >= 15 is 0 Å². The van der Waals surface area contributed by atoms with Crippen molar-refractivity contribution in [2.45, 2.75) is 39.1 Å². The predicted octanol–water partition coefficient (Wildman–Crippen LogP) is 6.40. The molecule has 0 fully saturated rings. The van der Waals surface area contributed by atoms with Crippen molar-refractivity contribution in [3.8, 4) is 5.75 Å². The Bertz CT molecular complexity index is 1420. The zero-order valence-corrected chi connectivity index (χ0v) is 20.5. The van der Waals surface area contributed by atoms with Gasteiger partial charge in [-0.25, -0.2) is 9.18 Å². The molecule has 0 unspecified atom stereocenters. The molecule has 6 nitrogen and oxygen atoms in total. The molecule has 1 heterocycles. The quantitative estimate of drug-likeness (QED) is 0.258. The molecule has 1 aromatic heterocycles. The number of carboxylic acids is 1. The van der Waals surface area contributed by atoms with Crippen LogP contribution in [0.25, 0.3) is 10.9 Å². The number of nitrogens with zero attached hydrogens (tertiary/aromatic N) is 1. The fourth-order valence-corrected chi connectivity index (χ4v) is 3.71. The average molecular weight is 531 g/mol. The van der Waals surface area contributed by atoms with E-state index in [0.717, 1.165) is 18.6 Å². The van der Waals surface area contributed by atoms with Gasteiger partial charge in [0.15, 0.2) is 0 Å². The molecule has 200 valence electrons. The highest BCUT2D eigenvalue weighted by molar-refractivity contribution is 5.94. The predicted molar refractivity (Wildman–Crippen MR) is 134 cm³/mol. The second kappa shape index (κ2) is 12.3. The van der Waals surface area contributed by atoms with Crippen LogP contribution in [0.3, 0.4) is 0 Å². The maximum absolute atomic E-state index is 14.5. The number of amides is 1. The molecular formula is C28H26F4N2O4. The van der Waals surface area contributed by atoms with E-state index in [4.69, 9.17) is 10.5 Å². The summed E-state index contributed by atoms with van der Waals surface area (Å²) in [4.78, 5) is 21.1. The molecule has 38 heavy (non-hydrogen) atoms. The smallest absolute Gasteiger partial charge is 0.416 e. The van der Waals surface area contributed by atoms with Crippen LogP contribution in [-0.4, -0.2) is 21.6 Å². The number of fused-ring (bicyclic) bond motifs is 1. The number of para-hydroxylation sites is 1. The lowest BCUT2D eigenvalue weighted by Gasteiger charge is -2.14. The van der Waals surface area contributed by atoms with Gasteiger partial charge in [0.2, 0.25) is 5.91 Å². The van der Waals surface area contributed by atoms with E-state index in [0.29, 0.717) is 34.8 Å². The Kier molecular flexibility index (Phi) is 9.11. The van der Waals surface area contributed by atoms with Gasteiger partial charge in [-0.05, 0) is 55.0 Å². The Morgan fingerprint density at radius 1 is 1.00 bits per heavy atom. The average Bonchev–Trinajstić information content (AvgIpc) is 3.20. The lowest BCUT2D eigenvalue weighted by molar-refractivity contribution is -0.137. The molecule has 4 aromatic rings. The van der Waals surface area contributed by atoms with Crippen molar-refractivity contribution in [1.82, 2.24) is 4.57 Å². The number of carbonyl (C=O) groups is 2. The lowest BCUT2D eigenvalue weighted by atomic mass is 10.1. The van der Waals surface area contributed by atoms with Gasteiger partial charge < -0.3 is 20.1 Å². The van der Waals surface area contributed by atoms with Crippen LogP contribution in [0.2, 0.25) is 0 Å². The number of carbonyl (C=O) groups excluding carboxylic acids is 1. The van der Waals surface area contributed by atoms with E-state index in [1.807, 2.05) is 25.1 Å². The van der Waals surface area contributed by atoms with Crippen LogP contribution >= 0.6 is 0 Å². The second-order valence-corrected chi connectivity index (χ2v) is 8.42. The minimum absolute atomic E-state index is 0.0482. The third-order valence-corrected chi connectivity index (χ3v) is 5.57. The lowest BCUT2D eigenvalue weighted by Crippen LogP contribution is -2.10. The number of alkyl halides is 3. The normalized spacial score (nSPS) is 11.1. The Morgan fingerprint density at radius 2 is 1.71 bits per heavy atom. The number of primary amides is 1. The number of halogens is 4. The summed E-state index contributed by atoms with van der Waals surface area (Å²) < 4.78 is 60.6. The Morgan fingerprint density at radius 3 is 2.26 bits per heavy atom. The number of rotatable bonds is 8. The van der Waals surface area contributed by atoms with E-state index in [2.05, 4.69) is 0 Å². The third kappa shape index (κ3) is 7.34. The van der Waals surface area contributed by atoms with E-state index in [1.165, 1.54) is 12.1 Å². The van der Waals surface area contributed by atoms with Crippen LogP contribution in [0, 0.1) is 5.82 Å². The molecule has 0 atom stereocenters. The first-order chi connectivity index (χ1) is 18.0. The van der Waals surface area contributed by atoms with Crippen LogP contribution in [0.15, 0.2) is 72.8 Å². The number of benzene rings is 3. The van der Waals surface area contributed by atoms with Crippen LogP contribution < -0.4 is 10.5 Å². The van der Waals surface area contributed by atoms with Gasteiger partial charge in [-0.1, -0.05) is 31.2 Å². The number of hydrogen-bond donors (Lipinski definition) is 2. The summed E-state index contributed by atoms with van der Waals surface area (Å²) in [6.45, 7) is 1.97. The molecule has 1 amide bonds. The summed E-state index contributed by atoms with van der Waals surface area (Å²) in [6, 6.07) is 17.6. The van der Waals surface area contributed by atoms with Crippen LogP contribution in [0.4, 0.5) is 17.6 Å². The monoisotopic (exact) mass is 530 g/mol. The van der Waals surface area contributed by atoms with Crippen molar-refractivity contribution in [3.05, 3.63) is 101 Å². The summed E-state index contributed by atoms with van der Waals surface area (Å²) >= 11 is 0. The highest BCUT2D eigenvalue weighted by atomic mass is 19.4. The molecule has 0 saturated heterocycles. The SMILES string of the molecule is CCCC(N)=O.O=C(O)c1ccc2c(c1)cc(COc1ccccc1)n2Cc1ccc(C(F)(F)F)cc1F. The van der Waals surface area contributed by atoms with Crippen molar-refractivity contribution in [1.29, 1.82) is 0 Å². The Balaban J connectivity index is 0.000000599. The minimum atomic E-state index is -4.64. The molecule has 3 N–H and O–H groups in total. The largest absolute Gasteiger partial charge is 0.487 e. The van der Waals surface area contributed by atoms with Gasteiger partial charge >= 0.3 is 12.1 Å². The topological polar surface area (TPSA) is 94.6 Å². The number of ether oxygens (including phenoxy) is 1. The molecule has 0 saturated carbocycles. The second-order valence-electron chi connectivity index (χ2n) is 8.42. The van der Waals surface area contributed by atoms with Crippen LogP contribution in [0.5, 0.6) is 5.75 Å². The Labute approximate surface area is 216 Å². The van der Waals surface area contributed by atoms with E-state index in [9.17, 15) is 32.3 Å². The highest BCUT2D eigenvalue weighted by Crippen LogP contribution is 2.31. The summed E-state index contributed by atoms with van der Waals surface area (Å²) in [5.74, 6) is -1.66. The maximum Gasteiger partial charge on any atom is 0.416 e. The third-order valence-electron chi connectivity index (χ3n) is 5.57. The molecule has 10 heteroatoms. The molecule has 0 aliphatic rings. The van der Waals surface area contributed by atoms with Crippen molar-refractivity contribution in [2.24, 2.45) is 5.73 Å². The highest BCUT2D eigenvalue weighted by Gasteiger charge is 2.31. The van der Waals surface area contributed by atoms with Gasteiger partial charge in [0.05, 0.1) is 23.4 Å². The first-order valence-electron chi connectivity index (χ1n) is 11.7. The number of aromatic nitrogens is 1. The fraction of sp³-hybridized carbons (Fsp3) is 0.214. The van der Waals surface area contributed by atoms with Crippen molar-refractivity contribution in [2.75, 3.05) is 0 Å². The number of carboxylic acid groups (broad SMARTS) is 1. The van der Waals surface area contributed by atoms with Gasteiger partial charge in [-0.2, -0.15) is 13.2 Å². The maximum atomic E-state index is 14.5. The summed E-state index contributed by atoms with van der Waals surface area (Å²) in [7, 11) is 0. The zero-order valence-electron chi connectivity index (χ0n) is 20.5. The molecule has 0 aliphatic carbocycles. The van der Waals surface area contributed by atoms with Gasteiger partial charge in [0, 0.05) is 22.9 Å². The van der Waals surface area contributed by atoms with Gasteiger partial charge in [-0.15, -0.1) is 0 Å². The van der Waals surface area contributed by atoms with Gasteiger partial charge in [0.25, 0.3) is 0 Å². The van der Waals surface area contributed by atoms with Gasteiger partial charge in [-0.3, -0.25) is 4.79 Å². The van der Waals surface area contributed by atoms with E-state index < -0.39 is 23.5 Å². The Hall–Kier alpha value is -4.34. The van der Waals surface area contributed by atoms with Gasteiger partial charge in [0.1, 0.15) is 18.2 Å². The molecule has 0 aliphatic heterocycles. The number of hydrogen-bond acceptors (Lipinski definition) is 3. The van der Waals surface area contributed by atoms with Crippen LogP contribution in [0.1, 0.15) is 46.9 Å². The molecule has 0 bridgehead atoms. The molecule has 3 aromatic carbocycles. The van der Waals surface area contributed by atoms with Crippen molar-refractivity contribution >= 4 is 22.8 Å².